The van der Waals surface area contributed by atoms with Crippen LogP contribution in [0.25, 0.3) is 0 Å². The highest BCUT2D eigenvalue weighted by atomic mass is 16.5. The molecule has 3 unspecified atom stereocenters. The summed E-state index contributed by atoms with van der Waals surface area (Å²) < 4.78 is 12.2. The van der Waals surface area contributed by atoms with Gasteiger partial charge in [-0.05, 0) is 47.5 Å². The molecular weight excluding hydrogens is 504 g/mol. The Morgan fingerprint density at radius 1 is 0.718 bits per heavy atom. The highest BCUT2D eigenvalue weighted by molar-refractivity contribution is 6.07. The third-order valence-corrected chi connectivity index (χ3v) is 7.07. The minimum absolute atomic E-state index is 0.00546. The first kappa shape index (κ1) is 24.2. The first-order valence-electron chi connectivity index (χ1n) is 12.1. The van der Waals surface area contributed by atoms with Gasteiger partial charge in [0.15, 0.2) is 11.6 Å². The van der Waals surface area contributed by atoms with E-state index in [-0.39, 0.29) is 51.9 Å². The van der Waals surface area contributed by atoms with Gasteiger partial charge in [0, 0.05) is 12.1 Å². The Morgan fingerprint density at radius 2 is 1.33 bits per heavy atom. The summed E-state index contributed by atoms with van der Waals surface area (Å²) in [5.41, 5.74) is 1.05. The lowest BCUT2D eigenvalue weighted by Gasteiger charge is -2.27. The first-order valence-corrected chi connectivity index (χ1v) is 12.1. The second-order valence-electron chi connectivity index (χ2n) is 9.51. The van der Waals surface area contributed by atoms with Crippen LogP contribution < -0.4 is 9.47 Å². The quantitative estimate of drug-likeness (QED) is 0.231. The molecule has 2 aliphatic rings. The lowest BCUT2D eigenvalue weighted by molar-refractivity contribution is 0.0842. The van der Waals surface area contributed by atoms with E-state index >= 15 is 0 Å². The normalized spacial score (nSPS) is 19.5. The number of carbonyl (C=O) groups excluding carboxylic acids is 2. The average Bonchev–Trinajstić information content (AvgIpc) is 3.28. The van der Waals surface area contributed by atoms with E-state index in [0.29, 0.717) is 11.1 Å². The number of ketones is 2. The van der Waals surface area contributed by atoms with Crippen molar-refractivity contribution in [2.24, 2.45) is 0 Å². The van der Waals surface area contributed by atoms with Gasteiger partial charge in [-0.3, -0.25) is 9.59 Å². The Labute approximate surface area is 221 Å². The van der Waals surface area contributed by atoms with E-state index in [9.17, 15) is 35.1 Å². The molecule has 0 fully saturated rings. The molecule has 0 aliphatic carbocycles. The number of Topliss-reactive ketones (excluding diaryl/α,β-unsaturated/α-hetero) is 2. The van der Waals surface area contributed by atoms with Crippen LogP contribution in [0.2, 0.25) is 0 Å². The number of carbonyl (C=O) groups is 2. The minimum Gasteiger partial charge on any atom is -0.508 e. The monoisotopic (exact) mass is 526 g/mol. The summed E-state index contributed by atoms with van der Waals surface area (Å²) in [4.78, 5) is 27.1. The number of ether oxygens (including phenoxy) is 2. The molecule has 2 aliphatic heterocycles. The molecule has 3 atom stereocenters. The maximum absolute atomic E-state index is 13.8. The standard InChI is InChI=1S/C30H22O9/c31-16-5-1-14(2-6-16)22-12-21(35)25-23(38-22)13-24-26(29(25)37)27(28(36)19-10-9-18(33)11-20(19)34)30(39-24)15-3-7-17(32)8-4-15/h1-11,13,22,27,30-34,37H,12H2. The summed E-state index contributed by atoms with van der Waals surface area (Å²) in [6.45, 7) is 0. The van der Waals surface area contributed by atoms with Gasteiger partial charge in [-0.2, -0.15) is 0 Å². The molecule has 5 N–H and O–H groups in total. The van der Waals surface area contributed by atoms with Crippen molar-refractivity contribution in [3.63, 3.8) is 0 Å². The highest BCUT2D eigenvalue weighted by Crippen LogP contribution is 2.56. The van der Waals surface area contributed by atoms with E-state index in [1.807, 2.05) is 0 Å². The van der Waals surface area contributed by atoms with Crippen LogP contribution in [0.5, 0.6) is 40.2 Å². The van der Waals surface area contributed by atoms with Crippen molar-refractivity contribution >= 4 is 11.6 Å². The van der Waals surface area contributed by atoms with Crippen LogP contribution in [-0.4, -0.2) is 37.1 Å². The van der Waals surface area contributed by atoms with Crippen molar-refractivity contribution in [2.45, 2.75) is 24.5 Å². The van der Waals surface area contributed by atoms with E-state index in [1.54, 1.807) is 24.3 Å². The summed E-state index contributed by atoms with van der Waals surface area (Å²) >= 11 is 0. The average molecular weight is 526 g/mol. The topological polar surface area (TPSA) is 154 Å². The Balaban J connectivity index is 1.47. The third-order valence-electron chi connectivity index (χ3n) is 7.07. The van der Waals surface area contributed by atoms with Gasteiger partial charge >= 0.3 is 0 Å². The fourth-order valence-electron chi connectivity index (χ4n) is 5.18. The van der Waals surface area contributed by atoms with Gasteiger partial charge in [-0.25, -0.2) is 0 Å². The molecule has 0 bridgehead atoms. The van der Waals surface area contributed by atoms with E-state index in [1.165, 1.54) is 42.5 Å². The molecule has 0 radical (unpaired) electrons. The number of aromatic hydroxyl groups is 5. The summed E-state index contributed by atoms with van der Waals surface area (Å²) in [6.07, 6.45) is -1.72. The van der Waals surface area contributed by atoms with E-state index < -0.39 is 41.2 Å². The van der Waals surface area contributed by atoms with Gasteiger partial charge in [0.05, 0.1) is 23.5 Å². The summed E-state index contributed by atoms with van der Waals surface area (Å²) in [5, 5.41) is 50.9. The van der Waals surface area contributed by atoms with Crippen molar-refractivity contribution < 1.29 is 44.6 Å². The maximum atomic E-state index is 13.8. The lowest BCUT2D eigenvalue weighted by Crippen LogP contribution is -2.22. The fraction of sp³-hybridized carbons (Fsp3) is 0.133. The predicted octanol–water partition coefficient (Wildman–Crippen LogP) is 5.02. The molecule has 4 aromatic carbocycles. The van der Waals surface area contributed by atoms with Crippen LogP contribution in [0.4, 0.5) is 0 Å². The molecule has 0 aromatic heterocycles. The van der Waals surface area contributed by atoms with Gasteiger partial charge in [0.2, 0.25) is 0 Å². The van der Waals surface area contributed by atoms with E-state index in [2.05, 4.69) is 0 Å². The lowest BCUT2D eigenvalue weighted by atomic mass is 9.82. The van der Waals surface area contributed by atoms with E-state index in [4.69, 9.17) is 9.47 Å². The number of phenolic OH excluding ortho intramolecular Hbond substituents is 5. The molecule has 0 saturated carbocycles. The Kier molecular flexibility index (Phi) is 5.57. The number of benzene rings is 4. The van der Waals surface area contributed by atoms with Crippen LogP contribution in [0, 0.1) is 0 Å². The van der Waals surface area contributed by atoms with Gasteiger partial charge in [0.25, 0.3) is 0 Å². The molecule has 39 heavy (non-hydrogen) atoms. The Bertz CT molecular complexity index is 1620. The van der Waals surface area contributed by atoms with Crippen LogP contribution in [0.1, 0.15) is 62.0 Å². The molecule has 0 spiro atoms. The third kappa shape index (κ3) is 4.04. The molecule has 0 amide bonds. The van der Waals surface area contributed by atoms with E-state index in [0.717, 1.165) is 6.07 Å². The van der Waals surface area contributed by atoms with Crippen molar-refractivity contribution in [1.82, 2.24) is 0 Å². The number of hydrogen-bond acceptors (Lipinski definition) is 9. The second-order valence-corrected chi connectivity index (χ2v) is 9.51. The summed E-state index contributed by atoms with van der Waals surface area (Å²) in [6, 6.07) is 17.3. The van der Waals surface area contributed by atoms with Crippen LogP contribution in [0.15, 0.2) is 72.8 Å². The first-order chi connectivity index (χ1) is 18.7. The van der Waals surface area contributed by atoms with Crippen molar-refractivity contribution in [3.8, 4) is 40.2 Å². The Hall–Kier alpha value is -5.18. The number of fused-ring (bicyclic) bond motifs is 2. The molecule has 0 saturated heterocycles. The predicted molar refractivity (Wildman–Crippen MR) is 137 cm³/mol. The minimum atomic E-state index is -1.17. The van der Waals surface area contributed by atoms with Crippen molar-refractivity contribution in [1.29, 1.82) is 0 Å². The molecule has 9 nitrogen and oxygen atoms in total. The van der Waals surface area contributed by atoms with Crippen LogP contribution in [-0.2, 0) is 0 Å². The zero-order valence-corrected chi connectivity index (χ0v) is 20.2. The summed E-state index contributed by atoms with van der Waals surface area (Å²) in [7, 11) is 0. The Morgan fingerprint density at radius 3 is 1.97 bits per heavy atom. The molecule has 4 aromatic rings. The van der Waals surface area contributed by atoms with Crippen LogP contribution >= 0.6 is 0 Å². The number of phenols is 5. The molecular formula is C30H22O9. The van der Waals surface area contributed by atoms with Crippen molar-refractivity contribution in [3.05, 3.63) is 101 Å². The second kappa shape index (κ2) is 8.98. The SMILES string of the molecule is O=C1CC(c2ccc(O)cc2)Oc2cc3c(c(O)c21)C(C(=O)c1ccc(O)cc1O)C(c1ccc(O)cc1)O3. The zero-order chi connectivity index (χ0) is 27.4. The largest absolute Gasteiger partial charge is 0.508 e. The number of hydrogen-bond donors (Lipinski definition) is 5. The maximum Gasteiger partial charge on any atom is 0.178 e. The van der Waals surface area contributed by atoms with Crippen LogP contribution in [0.3, 0.4) is 0 Å². The smallest absolute Gasteiger partial charge is 0.178 e. The summed E-state index contributed by atoms with van der Waals surface area (Å²) in [5.74, 6) is -3.02. The molecule has 6 rings (SSSR count). The molecule has 2 heterocycles. The van der Waals surface area contributed by atoms with Gasteiger partial charge < -0.3 is 35.0 Å². The molecule has 196 valence electrons. The van der Waals surface area contributed by atoms with Gasteiger partial charge in [0.1, 0.15) is 58.0 Å². The molecule has 9 heteroatoms. The van der Waals surface area contributed by atoms with Gasteiger partial charge in [-0.15, -0.1) is 0 Å². The number of rotatable bonds is 4. The highest BCUT2D eigenvalue weighted by Gasteiger charge is 2.46. The fourth-order valence-corrected chi connectivity index (χ4v) is 5.18. The van der Waals surface area contributed by atoms with Crippen molar-refractivity contribution in [2.75, 3.05) is 0 Å². The van der Waals surface area contributed by atoms with Gasteiger partial charge in [-0.1, -0.05) is 24.3 Å². The zero-order valence-electron chi connectivity index (χ0n) is 20.2.